The molecule has 7 heteroatoms. The Morgan fingerprint density at radius 1 is 1.32 bits per heavy atom. The minimum atomic E-state index is -4.53. The zero-order chi connectivity index (χ0) is 14.8. The second-order valence-electron chi connectivity index (χ2n) is 5.46. The van der Waals surface area contributed by atoms with Gasteiger partial charge < -0.3 is 11.1 Å². The topological polar surface area (TPSA) is 63.8 Å². The third-order valence-corrected chi connectivity index (χ3v) is 2.88. The number of anilines is 2. The molecule has 1 aromatic rings. The van der Waals surface area contributed by atoms with Gasteiger partial charge in [0.05, 0.1) is 0 Å². The Morgan fingerprint density at radius 3 is 2.26 bits per heavy atom. The van der Waals surface area contributed by atoms with Crippen molar-refractivity contribution in [2.24, 2.45) is 5.41 Å². The van der Waals surface area contributed by atoms with E-state index < -0.39 is 17.6 Å². The molecule has 1 heterocycles. The summed E-state index contributed by atoms with van der Waals surface area (Å²) in [5.41, 5.74) is 4.25. The highest BCUT2D eigenvalue weighted by Crippen LogP contribution is 2.32. The number of rotatable bonds is 3. The van der Waals surface area contributed by atoms with Gasteiger partial charge in [-0.1, -0.05) is 27.7 Å². The van der Waals surface area contributed by atoms with Crippen LogP contribution in [-0.2, 0) is 6.18 Å². The van der Waals surface area contributed by atoms with Crippen molar-refractivity contribution >= 4 is 11.8 Å². The summed E-state index contributed by atoms with van der Waals surface area (Å²) in [6.45, 7) is 8.07. The summed E-state index contributed by atoms with van der Waals surface area (Å²) in [5.74, 6) is -0.443. The van der Waals surface area contributed by atoms with Crippen molar-refractivity contribution in [1.82, 2.24) is 9.97 Å². The molecule has 3 N–H and O–H groups in total. The Hall–Kier alpha value is -1.53. The van der Waals surface area contributed by atoms with Crippen LogP contribution in [0.2, 0.25) is 0 Å². The molecule has 0 aliphatic rings. The van der Waals surface area contributed by atoms with Gasteiger partial charge in [-0.15, -0.1) is 0 Å². The molecule has 0 saturated heterocycles. The predicted molar refractivity (Wildman–Crippen MR) is 68.6 cm³/mol. The van der Waals surface area contributed by atoms with E-state index in [0.29, 0.717) is 6.20 Å². The zero-order valence-corrected chi connectivity index (χ0v) is 11.5. The fourth-order valence-corrected chi connectivity index (χ4v) is 1.77. The standard InChI is InChI=1S/C12H19F3N4/c1-5-8(11(2,3)4)18-10-17-6-7(9(16)19-10)12(13,14)15/h6,8H,5H2,1-4H3,(H3,16,17,18,19). The first-order valence-corrected chi connectivity index (χ1v) is 6.02. The number of hydrogen-bond acceptors (Lipinski definition) is 4. The number of nitrogen functional groups attached to an aromatic ring is 1. The Morgan fingerprint density at radius 2 is 1.89 bits per heavy atom. The lowest BCUT2D eigenvalue weighted by Gasteiger charge is -2.30. The first-order valence-electron chi connectivity index (χ1n) is 6.02. The van der Waals surface area contributed by atoms with Crippen LogP contribution in [0.25, 0.3) is 0 Å². The third kappa shape index (κ3) is 3.97. The Kier molecular flexibility index (Phi) is 4.27. The molecule has 1 rings (SSSR count). The molecule has 19 heavy (non-hydrogen) atoms. The van der Waals surface area contributed by atoms with Crippen molar-refractivity contribution in [2.75, 3.05) is 11.1 Å². The van der Waals surface area contributed by atoms with Crippen LogP contribution in [0, 0.1) is 5.41 Å². The smallest absolute Gasteiger partial charge is 0.383 e. The van der Waals surface area contributed by atoms with E-state index >= 15 is 0 Å². The molecule has 1 aromatic heterocycles. The molecule has 0 aromatic carbocycles. The minimum Gasteiger partial charge on any atom is -0.383 e. The maximum absolute atomic E-state index is 12.5. The number of aromatic nitrogens is 2. The lowest BCUT2D eigenvalue weighted by atomic mass is 9.85. The highest BCUT2D eigenvalue weighted by atomic mass is 19.4. The van der Waals surface area contributed by atoms with Gasteiger partial charge in [-0.3, -0.25) is 0 Å². The average Bonchev–Trinajstić information content (AvgIpc) is 2.22. The molecule has 0 fully saturated rings. The van der Waals surface area contributed by atoms with Crippen LogP contribution in [0.5, 0.6) is 0 Å². The lowest BCUT2D eigenvalue weighted by molar-refractivity contribution is -0.137. The Bertz CT molecular complexity index is 438. The fourth-order valence-electron chi connectivity index (χ4n) is 1.77. The van der Waals surface area contributed by atoms with E-state index in [1.807, 2.05) is 27.7 Å². The molecule has 0 spiro atoms. The normalized spacial score (nSPS) is 14.3. The first-order chi connectivity index (χ1) is 8.55. The van der Waals surface area contributed by atoms with Gasteiger partial charge >= 0.3 is 6.18 Å². The van der Waals surface area contributed by atoms with Gasteiger partial charge in [-0.25, -0.2) is 4.98 Å². The van der Waals surface area contributed by atoms with Crippen molar-refractivity contribution in [1.29, 1.82) is 0 Å². The van der Waals surface area contributed by atoms with Crippen LogP contribution in [0.3, 0.4) is 0 Å². The van der Waals surface area contributed by atoms with Crippen molar-refractivity contribution in [3.8, 4) is 0 Å². The van der Waals surface area contributed by atoms with Crippen LogP contribution in [0.1, 0.15) is 39.7 Å². The van der Waals surface area contributed by atoms with E-state index in [4.69, 9.17) is 5.73 Å². The monoisotopic (exact) mass is 276 g/mol. The van der Waals surface area contributed by atoms with Crippen molar-refractivity contribution in [2.45, 2.75) is 46.3 Å². The SMILES string of the molecule is CCC(Nc1ncc(C(F)(F)F)c(N)n1)C(C)(C)C. The Labute approximate surface area is 110 Å². The fraction of sp³-hybridized carbons (Fsp3) is 0.667. The van der Waals surface area contributed by atoms with E-state index in [0.717, 1.165) is 6.42 Å². The second-order valence-corrected chi connectivity index (χ2v) is 5.46. The summed E-state index contributed by atoms with van der Waals surface area (Å²) < 4.78 is 37.6. The van der Waals surface area contributed by atoms with Crippen LogP contribution in [0.4, 0.5) is 24.9 Å². The molecule has 0 amide bonds. The van der Waals surface area contributed by atoms with Gasteiger partial charge in [-0.05, 0) is 11.8 Å². The minimum absolute atomic E-state index is 0.0450. The van der Waals surface area contributed by atoms with E-state index in [1.165, 1.54) is 0 Å². The number of hydrogen-bond donors (Lipinski definition) is 2. The molecule has 0 aliphatic heterocycles. The third-order valence-electron chi connectivity index (χ3n) is 2.88. The summed E-state index contributed by atoms with van der Waals surface area (Å²) in [6, 6.07) is 0.0450. The summed E-state index contributed by atoms with van der Waals surface area (Å²) >= 11 is 0. The molecule has 1 atom stereocenters. The number of nitrogens with one attached hydrogen (secondary N) is 1. The van der Waals surface area contributed by atoms with Crippen LogP contribution >= 0.6 is 0 Å². The van der Waals surface area contributed by atoms with Gasteiger partial charge in [0.15, 0.2) is 0 Å². The van der Waals surface area contributed by atoms with E-state index in [-0.39, 0.29) is 17.4 Å². The molecule has 0 saturated carbocycles. The summed E-state index contributed by atoms with van der Waals surface area (Å²) in [4.78, 5) is 7.36. The van der Waals surface area contributed by atoms with Gasteiger partial charge in [0.2, 0.25) is 5.95 Å². The summed E-state index contributed by atoms with van der Waals surface area (Å²) in [5, 5.41) is 3.02. The molecule has 0 radical (unpaired) electrons. The quantitative estimate of drug-likeness (QED) is 0.889. The van der Waals surface area contributed by atoms with Crippen LogP contribution in [0.15, 0.2) is 6.20 Å². The van der Waals surface area contributed by atoms with Gasteiger partial charge in [-0.2, -0.15) is 18.2 Å². The van der Waals surface area contributed by atoms with Gasteiger partial charge in [0.25, 0.3) is 0 Å². The predicted octanol–water partition coefficient (Wildman–Crippen LogP) is 3.31. The summed E-state index contributed by atoms with van der Waals surface area (Å²) in [6.07, 6.45) is -3.02. The highest BCUT2D eigenvalue weighted by molar-refractivity contribution is 5.45. The van der Waals surface area contributed by atoms with E-state index in [2.05, 4.69) is 15.3 Å². The molecule has 108 valence electrons. The van der Waals surface area contributed by atoms with Crippen molar-refractivity contribution in [3.63, 3.8) is 0 Å². The zero-order valence-electron chi connectivity index (χ0n) is 11.5. The van der Waals surface area contributed by atoms with Crippen LogP contribution < -0.4 is 11.1 Å². The second kappa shape index (κ2) is 5.22. The van der Waals surface area contributed by atoms with Crippen molar-refractivity contribution in [3.05, 3.63) is 11.8 Å². The van der Waals surface area contributed by atoms with E-state index in [1.54, 1.807) is 0 Å². The molecular formula is C12H19F3N4. The van der Waals surface area contributed by atoms with E-state index in [9.17, 15) is 13.2 Å². The van der Waals surface area contributed by atoms with Gasteiger partial charge in [0, 0.05) is 12.2 Å². The van der Waals surface area contributed by atoms with Gasteiger partial charge in [0.1, 0.15) is 11.4 Å². The number of nitrogens with zero attached hydrogens (tertiary/aromatic N) is 2. The molecule has 0 bridgehead atoms. The largest absolute Gasteiger partial charge is 0.421 e. The highest BCUT2D eigenvalue weighted by Gasteiger charge is 2.34. The maximum Gasteiger partial charge on any atom is 0.421 e. The molecule has 0 aliphatic carbocycles. The van der Waals surface area contributed by atoms with Crippen molar-refractivity contribution < 1.29 is 13.2 Å². The maximum atomic E-state index is 12.5. The lowest BCUT2D eigenvalue weighted by Crippen LogP contribution is -2.34. The average molecular weight is 276 g/mol. The number of halogens is 3. The first kappa shape index (κ1) is 15.5. The Balaban J connectivity index is 2.96. The van der Waals surface area contributed by atoms with Crippen LogP contribution in [-0.4, -0.2) is 16.0 Å². The summed E-state index contributed by atoms with van der Waals surface area (Å²) in [7, 11) is 0. The molecule has 4 nitrogen and oxygen atoms in total. The molecule has 1 unspecified atom stereocenters. The number of nitrogens with two attached hydrogens (primary N) is 1. The molecular weight excluding hydrogens is 257 g/mol. The number of alkyl halides is 3.